The van der Waals surface area contributed by atoms with E-state index in [1.54, 1.807) is 41.8 Å². The molecule has 0 aliphatic heterocycles. The van der Waals surface area contributed by atoms with Gasteiger partial charge in [-0.2, -0.15) is 23.3 Å². The Morgan fingerprint density at radius 3 is 2.49 bits per heavy atom. The minimum absolute atomic E-state index is 0.00356. The second-order valence-electron chi connectivity index (χ2n) is 8.45. The van der Waals surface area contributed by atoms with Crippen LogP contribution in [0.2, 0.25) is 0 Å². The Hall–Kier alpha value is -3.09. The summed E-state index contributed by atoms with van der Waals surface area (Å²) >= 11 is 0. The molecule has 0 saturated heterocycles. The number of hydrogen-bond donors (Lipinski definition) is 1. The number of rotatable bonds is 9. The van der Waals surface area contributed by atoms with Crippen molar-refractivity contribution in [3.8, 4) is 22.7 Å². The summed E-state index contributed by atoms with van der Waals surface area (Å²) in [4.78, 5) is 0. The van der Waals surface area contributed by atoms with Gasteiger partial charge in [-0.25, -0.2) is 4.39 Å². The molecule has 2 atom stereocenters. The minimum Gasteiger partial charge on any atom is -0.508 e. The minimum atomic E-state index is -4.62. The Morgan fingerprint density at radius 1 is 1.14 bits per heavy atom. The first-order valence-corrected chi connectivity index (χ1v) is 14.1. The van der Waals surface area contributed by atoms with Gasteiger partial charge in [0.05, 0.1) is 11.3 Å². The van der Waals surface area contributed by atoms with Crippen molar-refractivity contribution in [1.29, 1.82) is 0 Å². The largest absolute Gasteiger partial charge is 0.508 e. The third-order valence-electron chi connectivity index (χ3n) is 5.49. The van der Waals surface area contributed by atoms with Crippen molar-refractivity contribution < 1.29 is 27.4 Å². The van der Waals surface area contributed by atoms with Gasteiger partial charge in [0, 0.05) is 22.5 Å². The summed E-state index contributed by atoms with van der Waals surface area (Å²) in [5, 5.41) is 11.7. The molecular formula is C28H28F4NO2PS. The van der Waals surface area contributed by atoms with Gasteiger partial charge in [0.15, 0.2) is 0 Å². The molecular weight excluding hydrogens is 521 g/mol. The number of ether oxygens (including phenoxy) is 1. The van der Waals surface area contributed by atoms with Crippen molar-refractivity contribution in [3.63, 3.8) is 0 Å². The molecule has 1 N–H and O–H groups in total. The molecule has 0 spiro atoms. The summed E-state index contributed by atoms with van der Waals surface area (Å²) < 4.78 is 62.2. The highest BCUT2D eigenvalue weighted by Gasteiger charge is 2.32. The van der Waals surface area contributed by atoms with Gasteiger partial charge in [0.1, 0.15) is 24.8 Å². The molecule has 0 fully saturated rings. The summed E-state index contributed by atoms with van der Waals surface area (Å²) in [6, 6.07) is 12.4. The van der Waals surface area contributed by atoms with Crippen LogP contribution in [0.3, 0.4) is 0 Å². The van der Waals surface area contributed by atoms with E-state index in [-0.39, 0.29) is 28.0 Å². The van der Waals surface area contributed by atoms with Crippen molar-refractivity contribution in [1.82, 2.24) is 4.57 Å². The number of nitrogens with zero attached hydrogens (tertiary/aromatic N) is 1. The summed E-state index contributed by atoms with van der Waals surface area (Å²) in [5.41, 5.74) is 2.49. The van der Waals surface area contributed by atoms with E-state index in [0.717, 1.165) is 17.7 Å². The van der Waals surface area contributed by atoms with Gasteiger partial charge in [0.2, 0.25) is 0 Å². The molecule has 2 aromatic carbocycles. The molecule has 0 saturated carbocycles. The zero-order valence-electron chi connectivity index (χ0n) is 20.5. The smallest absolute Gasteiger partial charge is 0.416 e. The molecule has 3 aromatic rings. The first-order chi connectivity index (χ1) is 17.4. The van der Waals surface area contributed by atoms with Gasteiger partial charge in [0.25, 0.3) is 0 Å². The van der Waals surface area contributed by atoms with Gasteiger partial charge in [-0.3, -0.25) is 0 Å². The highest BCUT2D eigenvalue weighted by molar-refractivity contribution is 8.55. The Morgan fingerprint density at radius 2 is 1.86 bits per heavy atom. The van der Waals surface area contributed by atoms with E-state index < -0.39 is 24.2 Å². The maximum atomic E-state index is 13.7. The number of allylic oxidation sites excluding steroid dienone is 2. The average molecular weight is 550 g/mol. The first kappa shape index (κ1) is 28.5. The molecule has 3 nitrogen and oxygen atoms in total. The molecule has 3 rings (SSSR count). The normalized spacial score (nSPS) is 13.2. The lowest BCUT2D eigenvalue weighted by Crippen LogP contribution is -2.09. The number of halogens is 4. The van der Waals surface area contributed by atoms with Crippen LogP contribution >= 0.6 is 18.5 Å². The third kappa shape index (κ3) is 7.24. The van der Waals surface area contributed by atoms with Gasteiger partial charge in [-0.1, -0.05) is 44.7 Å². The zero-order chi connectivity index (χ0) is 27.3. The Labute approximate surface area is 218 Å². The van der Waals surface area contributed by atoms with E-state index in [1.807, 2.05) is 24.5 Å². The average Bonchev–Trinajstić information content (AvgIpc) is 3.21. The lowest BCUT2D eigenvalue weighted by atomic mass is 10.1. The maximum Gasteiger partial charge on any atom is 0.416 e. The van der Waals surface area contributed by atoms with Crippen molar-refractivity contribution in [2.75, 3.05) is 13.3 Å². The highest BCUT2D eigenvalue weighted by Crippen LogP contribution is 2.37. The summed E-state index contributed by atoms with van der Waals surface area (Å²) in [5.74, 6) is 3.83. The van der Waals surface area contributed by atoms with Gasteiger partial charge < -0.3 is 14.4 Å². The number of aliphatic hydroxyl groups is 1. The molecule has 9 heteroatoms. The molecule has 0 aliphatic carbocycles. The van der Waals surface area contributed by atoms with E-state index in [0.29, 0.717) is 28.3 Å². The number of aryl methyl sites for hydroxylation is 2. The van der Waals surface area contributed by atoms with Crippen LogP contribution < -0.4 is 4.74 Å². The van der Waals surface area contributed by atoms with E-state index in [4.69, 9.17) is 4.74 Å². The maximum absolute atomic E-state index is 13.7. The van der Waals surface area contributed by atoms with Crippen LogP contribution in [-0.2, 0) is 6.18 Å². The quantitative estimate of drug-likeness (QED) is 0.0954. The Bertz CT molecular complexity index is 1390. The van der Waals surface area contributed by atoms with E-state index in [2.05, 4.69) is 20.9 Å². The highest BCUT2D eigenvalue weighted by atomic mass is 32.7. The van der Waals surface area contributed by atoms with Crippen LogP contribution in [0.4, 0.5) is 17.6 Å². The molecule has 0 aliphatic rings. The van der Waals surface area contributed by atoms with Crippen molar-refractivity contribution in [3.05, 3.63) is 101 Å². The van der Waals surface area contributed by atoms with Crippen LogP contribution in [0.1, 0.15) is 22.4 Å². The van der Waals surface area contributed by atoms with E-state index >= 15 is 0 Å². The molecule has 0 bridgehead atoms. The van der Waals surface area contributed by atoms with Crippen LogP contribution in [0.25, 0.3) is 22.7 Å². The van der Waals surface area contributed by atoms with E-state index in [1.165, 1.54) is 6.07 Å². The van der Waals surface area contributed by atoms with Crippen LogP contribution in [0.15, 0.2) is 78.2 Å². The van der Waals surface area contributed by atoms with Crippen molar-refractivity contribution in [2.24, 2.45) is 0 Å². The van der Waals surface area contributed by atoms with Crippen LogP contribution in [-0.4, -0.2) is 28.8 Å². The summed E-state index contributed by atoms with van der Waals surface area (Å²) in [6.45, 7) is 6.36. The lowest BCUT2D eigenvalue weighted by Gasteiger charge is -2.19. The molecule has 1 heterocycles. The number of aromatic nitrogens is 1. The zero-order valence-corrected chi connectivity index (χ0v) is 22.5. The predicted molar refractivity (Wildman–Crippen MR) is 150 cm³/mol. The van der Waals surface area contributed by atoms with Gasteiger partial charge >= 0.3 is 6.18 Å². The monoisotopic (exact) mass is 549 g/mol. The predicted octanol–water partition coefficient (Wildman–Crippen LogP) is 8.59. The summed E-state index contributed by atoms with van der Waals surface area (Å²) in [7, 11) is 2.30. The fourth-order valence-electron chi connectivity index (χ4n) is 3.71. The standard InChI is InChI=1S/C28H28F4NO2PS/c1-18-7-10-27(35-17-21(16-29)6-5-11-37(4)36)25(12-18)26-9-8-19(2)33(26)24-14-22(20(3)34)13-23(15-24)28(30,31)32/h5-15,34H,3-4,16-17,36H2,1-2H3/b11-5-,21-6+. The fourth-order valence-corrected chi connectivity index (χ4v) is 4.26. The van der Waals surface area contributed by atoms with Gasteiger partial charge in [-0.15, -0.1) is 0 Å². The van der Waals surface area contributed by atoms with Crippen molar-refractivity contribution >= 4 is 30.2 Å². The molecule has 196 valence electrons. The van der Waals surface area contributed by atoms with Gasteiger partial charge in [-0.05, 0) is 67.3 Å². The number of alkyl halides is 4. The molecule has 37 heavy (non-hydrogen) atoms. The number of aliphatic hydroxyl groups excluding tert-OH is 1. The molecule has 0 amide bonds. The van der Waals surface area contributed by atoms with Crippen molar-refractivity contribution in [2.45, 2.75) is 20.0 Å². The molecule has 1 aromatic heterocycles. The SMILES string of the molecule is C=C(O)c1cc(-n2c(C)ccc2-c2cc(C)ccc2OC/C(=C/C=C\S(=C)P)CF)cc(C(F)(F)F)c1. The number of benzene rings is 2. The second kappa shape index (κ2) is 12.0. The third-order valence-corrected chi connectivity index (χ3v) is 6.47. The summed E-state index contributed by atoms with van der Waals surface area (Å²) in [6.07, 6.45) is -1.25. The lowest BCUT2D eigenvalue weighted by molar-refractivity contribution is -0.137. The van der Waals surface area contributed by atoms with Crippen LogP contribution in [0.5, 0.6) is 5.75 Å². The van der Waals surface area contributed by atoms with Crippen LogP contribution in [0, 0.1) is 13.8 Å². The number of hydrogen-bond acceptors (Lipinski definition) is 2. The second-order valence-corrected chi connectivity index (χ2v) is 11.5. The Kier molecular flexibility index (Phi) is 9.21. The first-order valence-electron chi connectivity index (χ1n) is 11.1. The fraction of sp³-hybridized carbons (Fsp3) is 0.179. The topological polar surface area (TPSA) is 34.4 Å². The molecule has 2 unspecified atom stereocenters. The Balaban J connectivity index is 2.10. The van der Waals surface area contributed by atoms with E-state index in [9.17, 15) is 22.7 Å². The molecule has 0 radical (unpaired) electrons.